The maximum atomic E-state index is 11.6. The molecular formula is C24H36FeNO3S-. The molecule has 1 aromatic rings. The van der Waals surface area contributed by atoms with Crippen LogP contribution in [0.1, 0.15) is 57.8 Å². The summed E-state index contributed by atoms with van der Waals surface area (Å²) in [6.45, 7) is 1.08. The molecule has 0 amide bonds. The third kappa shape index (κ3) is 16.3. The van der Waals surface area contributed by atoms with E-state index < -0.39 is 0 Å². The van der Waals surface area contributed by atoms with E-state index in [1.54, 1.807) is 0 Å². The Morgan fingerprint density at radius 3 is 2.13 bits per heavy atom. The molecule has 4 nitrogen and oxygen atoms in total. The number of unbranched alkanes of at least 4 members (excludes halogenated alkanes) is 6. The van der Waals surface area contributed by atoms with Gasteiger partial charge < -0.3 is 15.2 Å². The Kier molecular flexibility index (Phi) is 19.7. The molecule has 0 radical (unpaired) electrons. The number of carbonyl (C=O) groups is 1. The molecule has 0 aromatic heterocycles. The number of allylic oxidation sites excluding steroid dienone is 5. The van der Waals surface area contributed by atoms with Crippen LogP contribution >= 0.6 is 12.6 Å². The number of carbonyl (C=O) groups excluding carboxylic acids is 1. The smallest absolute Gasteiger partial charge is 0.305 e. The van der Waals surface area contributed by atoms with Crippen molar-refractivity contribution in [2.24, 2.45) is 0 Å². The minimum absolute atomic E-state index is 0. The van der Waals surface area contributed by atoms with Crippen molar-refractivity contribution in [2.45, 2.75) is 57.8 Å². The van der Waals surface area contributed by atoms with E-state index in [9.17, 15) is 9.90 Å². The predicted molar refractivity (Wildman–Crippen MR) is 124 cm³/mol. The number of rotatable bonds is 14. The molecule has 0 saturated carbocycles. The van der Waals surface area contributed by atoms with Crippen LogP contribution in [0.2, 0.25) is 0 Å². The third-order valence-corrected chi connectivity index (χ3v) is 4.72. The van der Waals surface area contributed by atoms with Gasteiger partial charge >= 0.3 is 5.97 Å². The molecule has 0 spiro atoms. The maximum absolute atomic E-state index is 11.6. The predicted octanol–water partition coefficient (Wildman–Crippen LogP) is 5.86. The van der Waals surface area contributed by atoms with Gasteiger partial charge in [0.1, 0.15) is 0 Å². The molecule has 1 aliphatic rings. The average molecular weight is 474 g/mol. The molecule has 0 atom stereocenters. The van der Waals surface area contributed by atoms with Crippen molar-refractivity contribution in [3.05, 3.63) is 66.1 Å². The first-order chi connectivity index (χ1) is 14.2. The van der Waals surface area contributed by atoms with Gasteiger partial charge in [0.25, 0.3) is 0 Å². The fourth-order valence-electron chi connectivity index (χ4n) is 2.75. The average Bonchev–Trinajstić information content (AvgIpc) is 3.46. The fraction of sp³-hybridized carbons (Fsp3) is 0.500. The van der Waals surface area contributed by atoms with Crippen LogP contribution in [-0.4, -0.2) is 30.0 Å². The second-order valence-electron chi connectivity index (χ2n) is 6.93. The van der Waals surface area contributed by atoms with E-state index >= 15 is 0 Å². The van der Waals surface area contributed by atoms with Crippen LogP contribution < -0.4 is 5.32 Å². The van der Waals surface area contributed by atoms with Gasteiger partial charge in [0.15, 0.2) is 5.88 Å². The van der Waals surface area contributed by atoms with Crippen molar-refractivity contribution in [2.75, 3.05) is 18.9 Å². The summed E-state index contributed by atoms with van der Waals surface area (Å²) >= 11 is 4.20. The first-order valence-corrected chi connectivity index (χ1v) is 11.3. The zero-order chi connectivity index (χ0) is 21.0. The minimum atomic E-state index is -0.154. The Hall–Kier alpha value is -1.49. The summed E-state index contributed by atoms with van der Waals surface area (Å²) in [6, 6.07) is 10.0. The monoisotopic (exact) mass is 474 g/mol. The molecule has 2 N–H and O–H groups in total. The fourth-order valence-corrected chi connectivity index (χ4v) is 2.97. The van der Waals surface area contributed by atoms with Gasteiger partial charge in [0.05, 0.1) is 6.61 Å². The van der Waals surface area contributed by atoms with Crippen molar-refractivity contribution in [3.63, 3.8) is 0 Å². The Morgan fingerprint density at radius 1 is 0.967 bits per heavy atom. The SMILES string of the molecule is O=C(CCCNC(O)=C1C=CC=C1)OCCCCCCCCCS.[Fe].c1cc[cH-]c1. The summed E-state index contributed by atoms with van der Waals surface area (Å²) in [5.41, 5.74) is 0.767. The third-order valence-electron chi connectivity index (χ3n) is 4.41. The van der Waals surface area contributed by atoms with E-state index in [0.29, 0.717) is 26.0 Å². The number of aliphatic hydroxyl groups excluding tert-OH is 1. The number of hydrogen-bond donors (Lipinski definition) is 3. The van der Waals surface area contributed by atoms with Crippen molar-refractivity contribution in [1.29, 1.82) is 0 Å². The second-order valence-corrected chi connectivity index (χ2v) is 7.38. The van der Waals surface area contributed by atoms with E-state index in [4.69, 9.17) is 4.74 Å². The van der Waals surface area contributed by atoms with E-state index in [1.807, 2.05) is 54.6 Å². The molecule has 6 heteroatoms. The molecule has 0 unspecified atom stereocenters. The van der Waals surface area contributed by atoms with Gasteiger partial charge in [0.2, 0.25) is 0 Å². The van der Waals surface area contributed by atoms with Crippen LogP contribution in [0.15, 0.2) is 66.1 Å². The number of esters is 1. The molecule has 1 aromatic carbocycles. The number of ether oxygens (including phenoxy) is 1. The number of nitrogens with one attached hydrogen (secondary N) is 1. The molecule has 30 heavy (non-hydrogen) atoms. The van der Waals surface area contributed by atoms with Crippen molar-refractivity contribution < 1.29 is 31.7 Å². The van der Waals surface area contributed by atoms with E-state index in [1.165, 1.54) is 32.1 Å². The van der Waals surface area contributed by atoms with E-state index in [2.05, 4.69) is 17.9 Å². The number of thiol groups is 1. The standard InChI is InChI=1S/C19H31NO3S.C5H5.Fe/c21-18(23-15-8-4-2-1-3-5-9-16-24)13-10-14-20-19(22)17-11-6-7-12-17;1-2-4-5-3-1;/h6-7,11-12,20,22,24H,1-5,8-10,13-16H2;1-5H;/q;-1;. The first-order valence-electron chi connectivity index (χ1n) is 10.7. The minimum Gasteiger partial charge on any atom is -0.494 e. The van der Waals surface area contributed by atoms with Crippen molar-refractivity contribution in [3.8, 4) is 0 Å². The summed E-state index contributed by atoms with van der Waals surface area (Å²) in [5, 5.41) is 12.7. The first kappa shape index (κ1) is 28.5. The molecule has 0 saturated heterocycles. The second kappa shape index (κ2) is 20.8. The van der Waals surface area contributed by atoms with Gasteiger partial charge in [-0.3, -0.25) is 4.79 Å². The zero-order valence-corrected chi connectivity index (χ0v) is 19.7. The van der Waals surface area contributed by atoms with Crippen molar-refractivity contribution in [1.82, 2.24) is 5.32 Å². The van der Waals surface area contributed by atoms with E-state index in [0.717, 1.165) is 24.2 Å². The number of aliphatic hydroxyl groups is 1. The summed E-state index contributed by atoms with van der Waals surface area (Å²) in [5.74, 6) is 0.984. The van der Waals surface area contributed by atoms with Crippen LogP contribution in [0.25, 0.3) is 0 Å². The Bertz CT molecular complexity index is 581. The largest absolute Gasteiger partial charge is 0.494 e. The Morgan fingerprint density at radius 2 is 1.57 bits per heavy atom. The van der Waals surface area contributed by atoms with Crippen LogP contribution in [0, 0.1) is 0 Å². The van der Waals surface area contributed by atoms with Crippen LogP contribution in [0.3, 0.4) is 0 Å². The molecule has 0 aliphatic heterocycles. The quantitative estimate of drug-likeness (QED) is 0.0790. The van der Waals surface area contributed by atoms with Crippen LogP contribution in [0.5, 0.6) is 0 Å². The molecule has 0 heterocycles. The molecule has 0 fully saturated rings. The van der Waals surface area contributed by atoms with Crippen LogP contribution in [0.4, 0.5) is 0 Å². The van der Waals surface area contributed by atoms with Crippen LogP contribution in [-0.2, 0) is 26.6 Å². The molecule has 2 rings (SSSR count). The molecular weight excluding hydrogens is 438 g/mol. The summed E-state index contributed by atoms with van der Waals surface area (Å²) in [7, 11) is 0. The van der Waals surface area contributed by atoms with Gasteiger partial charge in [-0.2, -0.15) is 30.8 Å². The summed E-state index contributed by atoms with van der Waals surface area (Å²) < 4.78 is 5.22. The van der Waals surface area contributed by atoms with Gasteiger partial charge in [0, 0.05) is 35.6 Å². The van der Waals surface area contributed by atoms with Gasteiger partial charge in [-0.1, -0.05) is 44.3 Å². The Balaban J connectivity index is 0.00000122. The molecule has 1 aliphatic carbocycles. The van der Waals surface area contributed by atoms with Gasteiger partial charge in [-0.05, 0) is 37.2 Å². The zero-order valence-electron chi connectivity index (χ0n) is 17.7. The van der Waals surface area contributed by atoms with Crippen molar-refractivity contribution >= 4 is 18.6 Å². The summed E-state index contributed by atoms with van der Waals surface area (Å²) in [4.78, 5) is 11.6. The molecule has 170 valence electrons. The van der Waals surface area contributed by atoms with Gasteiger partial charge in [-0.25, -0.2) is 12.1 Å². The topological polar surface area (TPSA) is 58.6 Å². The summed E-state index contributed by atoms with van der Waals surface area (Å²) in [6.07, 6.45) is 16.7. The maximum Gasteiger partial charge on any atom is 0.305 e. The van der Waals surface area contributed by atoms with E-state index in [-0.39, 0.29) is 28.9 Å². The van der Waals surface area contributed by atoms with Gasteiger partial charge in [-0.15, -0.1) is 0 Å². The normalized spacial score (nSPS) is 11.4. The Labute approximate surface area is 198 Å². The molecule has 0 bridgehead atoms. The number of hydrogen-bond acceptors (Lipinski definition) is 5.